The Balaban J connectivity index is 0.00000210. The number of ether oxygens (including phenoxy) is 1. The molecule has 0 aliphatic carbocycles. The summed E-state index contributed by atoms with van der Waals surface area (Å²) in [7, 11) is 1.73. The van der Waals surface area contributed by atoms with E-state index in [1.54, 1.807) is 7.11 Å². The Morgan fingerprint density at radius 3 is 2.26 bits per heavy atom. The third-order valence-corrected chi connectivity index (χ3v) is 5.11. The first-order valence-corrected chi connectivity index (χ1v) is 9.00. The fourth-order valence-electron chi connectivity index (χ4n) is 3.60. The predicted octanol–water partition coefficient (Wildman–Crippen LogP) is 4.09. The number of nitrogens with one attached hydrogen (secondary N) is 1. The molecular formula is C21H24ClN3O2. The number of benzene rings is 2. The van der Waals surface area contributed by atoms with E-state index in [0.717, 1.165) is 31.5 Å². The number of piperidine rings is 1. The molecule has 0 unspecified atom stereocenters. The van der Waals surface area contributed by atoms with Crippen LogP contribution in [0.3, 0.4) is 0 Å². The summed E-state index contributed by atoms with van der Waals surface area (Å²) in [5, 5.41) is 7.61. The van der Waals surface area contributed by atoms with Gasteiger partial charge < -0.3 is 14.6 Å². The number of aromatic nitrogens is 2. The number of hydrogen-bond acceptors (Lipinski definition) is 5. The Kier molecular flexibility index (Phi) is 6.26. The zero-order valence-electron chi connectivity index (χ0n) is 15.4. The highest BCUT2D eigenvalue weighted by Crippen LogP contribution is 2.34. The van der Waals surface area contributed by atoms with Crippen molar-refractivity contribution >= 4 is 12.4 Å². The maximum Gasteiger partial charge on any atom is 0.235 e. The van der Waals surface area contributed by atoms with E-state index in [1.165, 1.54) is 11.1 Å². The molecule has 1 aliphatic rings. The van der Waals surface area contributed by atoms with Gasteiger partial charge in [0, 0.05) is 12.7 Å². The van der Waals surface area contributed by atoms with E-state index in [4.69, 9.17) is 14.2 Å². The summed E-state index contributed by atoms with van der Waals surface area (Å²) >= 11 is 0. The van der Waals surface area contributed by atoms with Gasteiger partial charge in [-0.3, -0.25) is 0 Å². The zero-order chi connectivity index (χ0) is 17.8. The second-order valence-electron chi connectivity index (χ2n) is 6.83. The molecule has 1 N–H and O–H groups in total. The van der Waals surface area contributed by atoms with Gasteiger partial charge in [-0.15, -0.1) is 12.4 Å². The summed E-state index contributed by atoms with van der Waals surface area (Å²) in [6.45, 7) is 2.48. The molecule has 6 heteroatoms. The quantitative estimate of drug-likeness (QED) is 0.716. The number of halogens is 1. The van der Waals surface area contributed by atoms with Crippen molar-refractivity contribution < 1.29 is 9.26 Å². The number of methoxy groups -OCH3 is 1. The monoisotopic (exact) mass is 385 g/mol. The van der Waals surface area contributed by atoms with Crippen LogP contribution in [0.5, 0.6) is 0 Å². The van der Waals surface area contributed by atoms with Gasteiger partial charge >= 0.3 is 0 Å². The van der Waals surface area contributed by atoms with E-state index in [0.29, 0.717) is 18.3 Å². The number of hydrogen-bond donors (Lipinski definition) is 1. The van der Waals surface area contributed by atoms with Crippen LogP contribution in [0.2, 0.25) is 0 Å². The van der Waals surface area contributed by atoms with Crippen LogP contribution in [-0.2, 0) is 10.2 Å². The standard InChI is InChI=1S/C21H23N3O2.ClH/c1-25-15-21(11-13-22-14-12-21)20-23-19(24-26-20)18-9-7-17(8-10-18)16-5-3-2-4-6-16;/h2-10,22H,11-15H2,1H3;1H. The molecule has 0 spiro atoms. The molecule has 3 aromatic rings. The van der Waals surface area contributed by atoms with E-state index >= 15 is 0 Å². The van der Waals surface area contributed by atoms with Gasteiger partial charge in [0.15, 0.2) is 0 Å². The van der Waals surface area contributed by atoms with Crippen LogP contribution >= 0.6 is 12.4 Å². The summed E-state index contributed by atoms with van der Waals surface area (Å²) in [4.78, 5) is 4.71. The highest BCUT2D eigenvalue weighted by atomic mass is 35.5. The maximum absolute atomic E-state index is 5.66. The molecule has 0 bridgehead atoms. The minimum absolute atomic E-state index is 0. The van der Waals surface area contributed by atoms with E-state index in [2.05, 4.69) is 34.7 Å². The third-order valence-electron chi connectivity index (χ3n) is 5.11. The van der Waals surface area contributed by atoms with Gasteiger partial charge in [-0.05, 0) is 37.1 Å². The van der Waals surface area contributed by atoms with Gasteiger partial charge in [0.2, 0.25) is 11.7 Å². The van der Waals surface area contributed by atoms with Crippen molar-refractivity contribution in [1.82, 2.24) is 15.5 Å². The minimum atomic E-state index is -0.185. The summed E-state index contributed by atoms with van der Waals surface area (Å²) in [5.41, 5.74) is 3.14. The van der Waals surface area contributed by atoms with Crippen molar-refractivity contribution in [2.24, 2.45) is 0 Å². The highest BCUT2D eigenvalue weighted by Gasteiger charge is 2.39. The summed E-state index contributed by atoms with van der Waals surface area (Å²) < 4.78 is 11.1. The van der Waals surface area contributed by atoms with Crippen LogP contribution in [0.1, 0.15) is 18.7 Å². The first kappa shape index (κ1) is 19.5. The lowest BCUT2D eigenvalue weighted by Gasteiger charge is -2.33. The van der Waals surface area contributed by atoms with Gasteiger partial charge in [-0.2, -0.15) is 4.98 Å². The first-order valence-electron chi connectivity index (χ1n) is 9.00. The average molecular weight is 386 g/mol. The predicted molar refractivity (Wildman–Crippen MR) is 108 cm³/mol. The fourth-order valence-corrected chi connectivity index (χ4v) is 3.60. The zero-order valence-corrected chi connectivity index (χ0v) is 16.2. The minimum Gasteiger partial charge on any atom is -0.384 e. The van der Waals surface area contributed by atoms with Crippen LogP contribution in [0, 0.1) is 0 Å². The molecule has 142 valence electrons. The lowest BCUT2D eigenvalue weighted by molar-refractivity contribution is 0.0850. The van der Waals surface area contributed by atoms with Gasteiger partial charge in [0.1, 0.15) is 0 Å². The van der Waals surface area contributed by atoms with Crippen molar-refractivity contribution in [3.63, 3.8) is 0 Å². The molecule has 1 aliphatic heterocycles. The first-order chi connectivity index (χ1) is 12.8. The Hall–Kier alpha value is -2.21. The Bertz CT molecular complexity index is 838. The van der Waals surface area contributed by atoms with E-state index in [9.17, 15) is 0 Å². The normalized spacial score (nSPS) is 15.9. The van der Waals surface area contributed by atoms with Crippen LogP contribution in [-0.4, -0.2) is 36.9 Å². The van der Waals surface area contributed by atoms with Crippen LogP contribution < -0.4 is 5.32 Å². The molecule has 5 nitrogen and oxygen atoms in total. The molecule has 27 heavy (non-hydrogen) atoms. The molecule has 0 amide bonds. The number of rotatable bonds is 5. The second kappa shape index (κ2) is 8.65. The molecule has 4 rings (SSSR count). The average Bonchev–Trinajstić information content (AvgIpc) is 3.21. The van der Waals surface area contributed by atoms with E-state index in [-0.39, 0.29) is 17.8 Å². The van der Waals surface area contributed by atoms with Crippen LogP contribution in [0.15, 0.2) is 59.1 Å². The molecule has 0 atom stereocenters. The summed E-state index contributed by atoms with van der Waals surface area (Å²) in [6.07, 6.45) is 1.88. The van der Waals surface area contributed by atoms with E-state index in [1.807, 2.05) is 30.3 Å². The summed E-state index contributed by atoms with van der Waals surface area (Å²) in [5.74, 6) is 1.32. The van der Waals surface area contributed by atoms with Gasteiger partial charge in [0.05, 0.1) is 12.0 Å². The van der Waals surface area contributed by atoms with Gasteiger partial charge in [-0.25, -0.2) is 0 Å². The van der Waals surface area contributed by atoms with Crippen molar-refractivity contribution in [3.8, 4) is 22.5 Å². The maximum atomic E-state index is 5.66. The SMILES string of the molecule is COCC1(c2nc(-c3ccc(-c4ccccc4)cc3)no2)CCNCC1.Cl. The molecule has 2 aromatic carbocycles. The smallest absolute Gasteiger partial charge is 0.235 e. The topological polar surface area (TPSA) is 60.2 Å². The van der Waals surface area contributed by atoms with Crippen molar-refractivity contribution in [2.45, 2.75) is 18.3 Å². The van der Waals surface area contributed by atoms with Crippen molar-refractivity contribution in [3.05, 3.63) is 60.5 Å². The largest absolute Gasteiger partial charge is 0.384 e. The van der Waals surface area contributed by atoms with Gasteiger partial charge in [-0.1, -0.05) is 59.8 Å². The van der Waals surface area contributed by atoms with Crippen molar-refractivity contribution in [2.75, 3.05) is 26.8 Å². The molecular weight excluding hydrogens is 362 g/mol. The number of nitrogens with zero attached hydrogens (tertiary/aromatic N) is 2. The van der Waals surface area contributed by atoms with E-state index < -0.39 is 0 Å². The molecule has 0 radical (unpaired) electrons. The Morgan fingerprint density at radius 1 is 0.963 bits per heavy atom. The molecule has 1 fully saturated rings. The third kappa shape index (κ3) is 4.05. The fraction of sp³-hybridized carbons (Fsp3) is 0.333. The molecule has 2 heterocycles. The molecule has 1 saturated heterocycles. The molecule has 1 aromatic heterocycles. The van der Waals surface area contributed by atoms with Gasteiger partial charge in [0.25, 0.3) is 0 Å². The Morgan fingerprint density at radius 2 is 1.59 bits per heavy atom. The van der Waals surface area contributed by atoms with Crippen LogP contribution in [0.4, 0.5) is 0 Å². The lowest BCUT2D eigenvalue weighted by atomic mass is 9.79. The Labute approximate surface area is 165 Å². The summed E-state index contributed by atoms with van der Waals surface area (Å²) in [6, 6.07) is 18.6. The lowest BCUT2D eigenvalue weighted by Crippen LogP contribution is -2.43. The van der Waals surface area contributed by atoms with Crippen LogP contribution in [0.25, 0.3) is 22.5 Å². The second-order valence-corrected chi connectivity index (χ2v) is 6.83. The highest BCUT2D eigenvalue weighted by molar-refractivity contribution is 5.85. The molecule has 0 saturated carbocycles. The van der Waals surface area contributed by atoms with Crippen molar-refractivity contribution in [1.29, 1.82) is 0 Å².